The van der Waals surface area contributed by atoms with Gasteiger partial charge in [-0.3, -0.25) is 0 Å². The molecule has 3 atom stereocenters. The Balaban J connectivity index is 1.37. The van der Waals surface area contributed by atoms with Gasteiger partial charge >= 0.3 is 0 Å². The van der Waals surface area contributed by atoms with E-state index in [-0.39, 0.29) is 0 Å². The first kappa shape index (κ1) is 18.1. The van der Waals surface area contributed by atoms with Crippen LogP contribution >= 0.6 is 11.8 Å². The Morgan fingerprint density at radius 3 is 2.27 bits per heavy atom. The monoisotopic (exact) mass is 366 g/mol. The number of hydrogen-bond donors (Lipinski definition) is 0. The van der Waals surface area contributed by atoms with Gasteiger partial charge in [-0.25, -0.2) is 0 Å². The van der Waals surface area contributed by atoms with E-state index in [2.05, 4.69) is 60.7 Å². The van der Waals surface area contributed by atoms with Gasteiger partial charge in [-0.1, -0.05) is 67.8 Å². The van der Waals surface area contributed by atoms with Crippen LogP contribution < -0.4 is 0 Å². The molecule has 0 aliphatic heterocycles. The fourth-order valence-electron chi connectivity index (χ4n) is 4.36. The SMILES string of the molecule is c1ccc(CC[C@@H]2C[C@H](OC3CCCCC3)[C@H]2Sc2ccccc2)cc1. The van der Waals surface area contributed by atoms with E-state index in [1.807, 2.05) is 11.8 Å². The molecular formula is C24H30OS. The summed E-state index contributed by atoms with van der Waals surface area (Å²) in [5.41, 5.74) is 1.47. The van der Waals surface area contributed by atoms with Gasteiger partial charge in [-0.05, 0) is 55.7 Å². The minimum Gasteiger partial charge on any atom is -0.374 e. The summed E-state index contributed by atoms with van der Waals surface area (Å²) in [5.74, 6) is 0.772. The number of hydrogen-bond acceptors (Lipinski definition) is 2. The van der Waals surface area contributed by atoms with E-state index in [9.17, 15) is 0 Å². The number of benzene rings is 2. The van der Waals surface area contributed by atoms with Crippen molar-refractivity contribution >= 4 is 11.8 Å². The summed E-state index contributed by atoms with van der Waals surface area (Å²) in [6, 6.07) is 21.8. The van der Waals surface area contributed by atoms with Crippen LogP contribution in [0.1, 0.15) is 50.5 Å². The fourth-order valence-corrected chi connectivity index (χ4v) is 5.76. The van der Waals surface area contributed by atoms with Crippen LogP contribution in [0.3, 0.4) is 0 Å². The molecule has 1 nitrogen and oxygen atoms in total. The first-order valence-electron chi connectivity index (χ1n) is 10.3. The third kappa shape index (κ3) is 4.72. The van der Waals surface area contributed by atoms with E-state index in [4.69, 9.17) is 4.74 Å². The molecule has 4 rings (SSSR count). The highest BCUT2D eigenvalue weighted by Gasteiger charge is 2.43. The number of aryl methyl sites for hydroxylation is 1. The molecule has 0 bridgehead atoms. The lowest BCUT2D eigenvalue weighted by atomic mass is 9.77. The van der Waals surface area contributed by atoms with Gasteiger partial charge in [0.15, 0.2) is 0 Å². The van der Waals surface area contributed by atoms with Crippen LogP contribution in [0, 0.1) is 5.92 Å². The molecule has 0 amide bonds. The molecule has 0 N–H and O–H groups in total. The van der Waals surface area contributed by atoms with Crippen molar-refractivity contribution in [3.8, 4) is 0 Å². The molecule has 0 heterocycles. The molecule has 0 radical (unpaired) electrons. The molecule has 2 aromatic rings. The van der Waals surface area contributed by atoms with Crippen LogP contribution in [0.25, 0.3) is 0 Å². The Hall–Kier alpha value is -1.25. The highest BCUT2D eigenvalue weighted by atomic mass is 32.2. The predicted molar refractivity (Wildman–Crippen MR) is 111 cm³/mol. The highest BCUT2D eigenvalue weighted by Crippen LogP contribution is 2.46. The largest absolute Gasteiger partial charge is 0.374 e. The second kappa shape index (κ2) is 9.10. The van der Waals surface area contributed by atoms with E-state index in [0.29, 0.717) is 17.5 Å². The Labute approximate surface area is 162 Å². The van der Waals surface area contributed by atoms with Gasteiger partial charge in [-0.2, -0.15) is 0 Å². The summed E-state index contributed by atoms with van der Waals surface area (Å²) < 4.78 is 6.57. The lowest BCUT2D eigenvalue weighted by Gasteiger charge is -2.46. The third-order valence-electron chi connectivity index (χ3n) is 5.95. The van der Waals surface area contributed by atoms with Crippen molar-refractivity contribution in [2.45, 2.75) is 73.7 Å². The molecule has 2 aromatic carbocycles. The van der Waals surface area contributed by atoms with Gasteiger partial charge in [0.1, 0.15) is 0 Å². The van der Waals surface area contributed by atoms with E-state index in [1.54, 1.807) is 0 Å². The van der Waals surface area contributed by atoms with Crippen molar-refractivity contribution in [2.24, 2.45) is 5.92 Å². The van der Waals surface area contributed by atoms with Crippen molar-refractivity contribution in [3.63, 3.8) is 0 Å². The minimum atomic E-state index is 0.448. The maximum atomic E-state index is 6.57. The van der Waals surface area contributed by atoms with E-state index in [0.717, 1.165) is 5.92 Å². The van der Waals surface area contributed by atoms with Crippen LogP contribution in [0.15, 0.2) is 65.6 Å². The second-order valence-electron chi connectivity index (χ2n) is 7.85. The Kier molecular flexibility index (Phi) is 6.35. The van der Waals surface area contributed by atoms with Gasteiger partial charge in [-0.15, -0.1) is 11.8 Å². The van der Waals surface area contributed by atoms with Gasteiger partial charge in [0.05, 0.1) is 12.2 Å². The number of ether oxygens (including phenoxy) is 1. The molecule has 138 valence electrons. The lowest BCUT2D eigenvalue weighted by molar-refractivity contribution is -0.0823. The first-order valence-corrected chi connectivity index (χ1v) is 11.2. The average Bonchev–Trinajstić information content (AvgIpc) is 2.71. The van der Waals surface area contributed by atoms with Gasteiger partial charge in [0.25, 0.3) is 0 Å². The van der Waals surface area contributed by atoms with E-state index in [1.165, 1.54) is 61.8 Å². The van der Waals surface area contributed by atoms with Gasteiger partial charge in [0, 0.05) is 10.1 Å². The normalized spacial score (nSPS) is 26.4. The van der Waals surface area contributed by atoms with Crippen molar-refractivity contribution < 1.29 is 4.74 Å². The quantitative estimate of drug-likeness (QED) is 0.552. The predicted octanol–water partition coefficient (Wildman–Crippen LogP) is 6.52. The van der Waals surface area contributed by atoms with Crippen molar-refractivity contribution in [1.82, 2.24) is 0 Å². The summed E-state index contributed by atoms with van der Waals surface area (Å²) in [5, 5.41) is 0.614. The summed E-state index contributed by atoms with van der Waals surface area (Å²) in [6.07, 6.45) is 11.3. The smallest absolute Gasteiger partial charge is 0.0706 e. The second-order valence-corrected chi connectivity index (χ2v) is 9.10. The van der Waals surface area contributed by atoms with Gasteiger partial charge < -0.3 is 4.74 Å². The van der Waals surface area contributed by atoms with Gasteiger partial charge in [0.2, 0.25) is 0 Å². The zero-order valence-electron chi connectivity index (χ0n) is 15.6. The third-order valence-corrected chi connectivity index (χ3v) is 7.45. The van der Waals surface area contributed by atoms with Crippen molar-refractivity contribution in [3.05, 3.63) is 66.2 Å². The number of thioether (sulfide) groups is 1. The van der Waals surface area contributed by atoms with E-state index < -0.39 is 0 Å². The maximum Gasteiger partial charge on any atom is 0.0706 e. The topological polar surface area (TPSA) is 9.23 Å². The van der Waals surface area contributed by atoms with Crippen LogP contribution in [-0.4, -0.2) is 17.5 Å². The summed E-state index contributed by atoms with van der Waals surface area (Å²) in [6.45, 7) is 0. The summed E-state index contributed by atoms with van der Waals surface area (Å²) in [4.78, 5) is 1.39. The Morgan fingerprint density at radius 2 is 1.54 bits per heavy atom. The van der Waals surface area contributed by atoms with Crippen molar-refractivity contribution in [1.29, 1.82) is 0 Å². The summed E-state index contributed by atoms with van der Waals surface area (Å²) >= 11 is 2.05. The molecule has 2 fully saturated rings. The highest BCUT2D eigenvalue weighted by molar-refractivity contribution is 8.00. The molecule has 0 unspecified atom stereocenters. The minimum absolute atomic E-state index is 0.448. The van der Waals surface area contributed by atoms with Crippen LogP contribution in [0.5, 0.6) is 0 Å². The fraction of sp³-hybridized carbons (Fsp3) is 0.500. The molecule has 0 aromatic heterocycles. The Morgan fingerprint density at radius 1 is 0.846 bits per heavy atom. The Bertz CT molecular complexity index is 650. The van der Waals surface area contributed by atoms with Crippen LogP contribution in [0.2, 0.25) is 0 Å². The zero-order chi connectivity index (χ0) is 17.6. The molecular weight excluding hydrogens is 336 g/mol. The standard InChI is InChI=1S/C24H30OS/c1-4-10-19(11-5-1)16-17-20-18-23(25-21-12-6-2-7-13-21)24(20)26-22-14-8-3-9-15-22/h1,3-5,8-11,14-15,20-21,23-24H,2,6-7,12-13,16-18H2/t20-,23+,24+/m1/s1. The number of rotatable bonds is 7. The molecule has 2 saturated carbocycles. The molecule has 0 spiro atoms. The van der Waals surface area contributed by atoms with Crippen molar-refractivity contribution in [2.75, 3.05) is 0 Å². The molecule has 2 aliphatic rings. The van der Waals surface area contributed by atoms with Crippen LogP contribution in [-0.2, 0) is 11.2 Å². The lowest BCUT2D eigenvalue weighted by Crippen LogP contribution is -2.48. The zero-order valence-corrected chi connectivity index (χ0v) is 16.4. The molecule has 2 heteroatoms. The molecule has 2 aliphatic carbocycles. The summed E-state index contributed by atoms with van der Waals surface area (Å²) in [7, 11) is 0. The molecule has 26 heavy (non-hydrogen) atoms. The van der Waals surface area contributed by atoms with E-state index >= 15 is 0 Å². The maximum absolute atomic E-state index is 6.57. The average molecular weight is 367 g/mol. The molecule has 0 saturated heterocycles. The first-order chi connectivity index (χ1) is 12.9. The van der Waals surface area contributed by atoms with Crippen LogP contribution in [0.4, 0.5) is 0 Å².